The third-order valence-corrected chi connectivity index (χ3v) is 4.18. The van der Waals surface area contributed by atoms with Crippen molar-refractivity contribution in [3.05, 3.63) is 59.9 Å². The average Bonchev–Trinajstić information content (AvgIpc) is 2.71. The molecule has 0 aliphatic rings. The van der Waals surface area contributed by atoms with Crippen molar-refractivity contribution in [1.82, 2.24) is 0 Å². The Balaban J connectivity index is 1.85. The Hall–Kier alpha value is -3.30. The molecule has 0 spiro atoms. The number of ether oxygens (including phenoxy) is 1. The Morgan fingerprint density at radius 1 is 1.28 bits per heavy atom. The maximum absolute atomic E-state index is 13.0. The van der Waals surface area contributed by atoms with E-state index in [2.05, 4.69) is 5.32 Å². The van der Waals surface area contributed by atoms with Crippen LogP contribution in [0.1, 0.15) is 5.56 Å². The quantitative estimate of drug-likeness (QED) is 0.268. The Labute approximate surface area is 167 Å². The first-order valence-electron chi connectivity index (χ1n) is 8.79. The second-order valence-corrected chi connectivity index (χ2v) is 6.29. The maximum atomic E-state index is 13.0. The van der Waals surface area contributed by atoms with E-state index >= 15 is 0 Å². The number of amides is 1. The molecule has 8 nitrogen and oxygen atoms in total. The van der Waals surface area contributed by atoms with Gasteiger partial charge < -0.3 is 30.6 Å². The molecule has 0 saturated heterocycles. The number of nitrogens with two attached hydrogens (primary N) is 1. The van der Waals surface area contributed by atoms with Gasteiger partial charge in [0.1, 0.15) is 17.8 Å². The van der Waals surface area contributed by atoms with Crippen LogP contribution in [-0.2, 0) is 14.3 Å². The number of amidine groups is 1. The van der Waals surface area contributed by atoms with Crippen LogP contribution in [0.15, 0.2) is 48.5 Å². The molecule has 0 aromatic heterocycles. The van der Waals surface area contributed by atoms with Crippen molar-refractivity contribution >= 4 is 29.4 Å². The molecule has 2 aromatic rings. The topological polar surface area (TPSA) is 129 Å². The average molecular weight is 402 g/mol. The van der Waals surface area contributed by atoms with Crippen LogP contribution in [-0.4, -0.2) is 55.5 Å². The number of likely N-dealkylation sites (N-methyl/N-ethyl adjacent to an activating group) is 1. The third-order valence-electron chi connectivity index (χ3n) is 4.18. The molecule has 2 rings (SSSR count). The summed E-state index contributed by atoms with van der Waals surface area (Å²) < 4.78 is 18.3. The molecule has 0 saturated carbocycles. The first kappa shape index (κ1) is 22.0. The lowest BCUT2D eigenvalue weighted by atomic mass is 10.1. The largest absolute Gasteiger partial charge is 0.384 e. The summed E-state index contributed by atoms with van der Waals surface area (Å²) in [7, 11) is 1.76. The summed E-state index contributed by atoms with van der Waals surface area (Å²) in [5.41, 5.74) is 6.98. The number of hydrogen-bond donors (Lipinski definition) is 4. The molecule has 29 heavy (non-hydrogen) atoms. The standard InChI is InChI=1S/C20H23FN4O4/c1-25(16-8-4-14(21)5-9-16)10-11-29-17(12-26)18(27)20(28)24-15-6-2-13(3-7-15)19(22)23/h2-9,12,17-18,27H,10-11H2,1H3,(H3,22,23)(H,24,28). The second kappa shape index (κ2) is 10.3. The van der Waals surface area contributed by atoms with Crippen molar-refractivity contribution in [2.75, 3.05) is 30.4 Å². The lowest BCUT2D eigenvalue weighted by Crippen LogP contribution is -2.41. The number of carbonyl (C=O) groups is 2. The van der Waals surface area contributed by atoms with Gasteiger partial charge in [-0.15, -0.1) is 0 Å². The number of nitrogens with zero attached hydrogens (tertiary/aromatic N) is 1. The number of aldehydes is 1. The Morgan fingerprint density at radius 2 is 1.90 bits per heavy atom. The second-order valence-electron chi connectivity index (χ2n) is 6.29. The summed E-state index contributed by atoms with van der Waals surface area (Å²) in [5.74, 6) is -1.25. The third kappa shape index (κ3) is 6.37. The fraction of sp³-hybridized carbons (Fsp3) is 0.250. The van der Waals surface area contributed by atoms with E-state index in [0.717, 1.165) is 5.69 Å². The number of nitrogen functional groups attached to an aromatic ring is 1. The number of halogens is 1. The zero-order valence-corrected chi connectivity index (χ0v) is 15.8. The molecule has 1 amide bonds. The summed E-state index contributed by atoms with van der Waals surface area (Å²) in [6, 6.07) is 12.0. The number of aliphatic hydroxyl groups is 1. The van der Waals surface area contributed by atoms with Gasteiger partial charge in [-0.2, -0.15) is 0 Å². The molecule has 2 unspecified atom stereocenters. The molecule has 5 N–H and O–H groups in total. The summed E-state index contributed by atoms with van der Waals surface area (Å²) in [6.07, 6.45) is -2.68. The van der Waals surface area contributed by atoms with E-state index in [9.17, 15) is 19.1 Å². The molecule has 0 heterocycles. The Morgan fingerprint density at radius 3 is 2.45 bits per heavy atom. The van der Waals surface area contributed by atoms with Crippen molar-refractivity contribution < 1.29 is 23.8 Å². The number of nitrogens with one attached hydrogen (secondary N) is 2. The van der Waals surface area contributed by atoms with E-state index in [-0.39, 0.29) is 18.3 Å². The lowest BCUT2D eigenvalue weighted by molar-refractivity contribution is -0.139. The summed E-state index contributed by atoms with van der Waals surface area (Å²) in [6.45, 7) is 0.422. The van der Waals surface area contributed by atoms with Gasteiger partial charge in [0.15, 0.2) is 12.4 Å². The molecule has 154 valence electrons. The van der Waals surface area contributed by atoms with Crippen LogP contribution in [0.5, 0.6) is 0 Å². The van der Waals surface area contributed by atoms with E-state index in [1.165, 1.54) is 24.3 Å². The molecule has 0 radical (unpaired) electrons. The summed E-state index contributed by atoms with van der Waals surface area (Å²) >= 11 is 0. The normalized spacial score (nSPS) is 12.7. The van der Waals surface area contributed by atoms with Crippen LogP contribution in [0.4, 0.5) is 15.8 Å². The monoisotopic (exact) mass is 402 g/mol. The fourth-order valence-corrected chi connectivity index (χ4v) is 2.45. The molecular weight excluding hydrogens is 379 g/mol. The van der Waals surface area contributed by atoms with Crippen molar-refractivity contribution in [2.24, 2.45) is 5.73 Å². The van der Waals surface area contributed by atoms with Gasteiger partial charge in [0.2, 0.25) is 0 Å². The van der Waals surface area contributed by atoms with Gasteiger partial charge in [-0.1, -0.05) is 0 Å². The number of hydrogen-bond acceptors (Lipinski definition) is 6. The van der Waals surface area contributed by atoms with Crippen LogP contribution >= 0.6 is 0 Å². The van der Waals surface area contributed by atoms with Gasteiger partial charge in [0.25, 0.3) is 5.91 Å². The molecule has 0 bridgehead atoms. The molecule has 0 fully saturated rings. The van der Waals surface area contributed by atoms with E-state index in [1.54, 1.807) is 36.2 Å². The van der Waals surface area contributed by atoms with Crippen LogP contribution in [0.25, 0.3) is 0 Å². The van der Waals surface area contributed by atoms with Gasteiger partial charge in [0, 0.05) is 30.5 Å². The van der Waals surface area contributed by atoms with Crippen LogP contribution in [0.3, 0.4) is 0 Å². The Bertz CT molecular complexity index is 843. The lowest BCUT2D eigenvalue weighted by Gasteiger charge is -2.22. The number of carbonyl (C=O) groups excluding carboxylic acids is 2. The minimum atomic E-state index is -1.70. The molecule has 0 aliphatic carbocycles. The molecule has 0 aliphatic heterocycles. The minimum absolute atomic E-state index is 0.0644. The molecule has 2 atom stereocenters. The Kier molecular flexibility index (Phi) is 7.81. The smallest absolute Gasteiger partial charge is 0.256 e. The van der Waals surface area contributed by atoms with E-state index in [0.29, 0.717) is 24.1 Å². The van der Waals surface area contributed by atoms with Crippen molar-refractivity contribution in [3.63, 3.8) is 0 Å². The first-order chi connectivity index (χ1) is 13.8. The van der Waals surface area contributed by atoms with Crippen molar-refractivity contribution in [1.29, 1.82) is 5.41 Å². The molecular formula is C20H23FN4O4. The van der Waals surface area contributed by atoms with Gasteiger partial charge in [-0.05, 0) is 48.5 Å². The van der Waals surface area contributed by atoms with Gasteiger partial charge >= 0.3 is 0 Å². The zero-order valence-electron chi connectivity index (χ0n) is 15.8. The van der Waals surface area contributed by atoms with E-state index < -0.39 is 18.1 Å². The van der Waals surface area contributed by atoms with E-state index in [1.807, 2.05) is 0 Å². The molecule has 2 aromatic carbocycles. The van der Waals surface area contributed by atoms with Crippen molar-refractivity contribution in [3.8, 4) is 0 Å². The fourth-order valence-electron chi connectivity index (χ4n) is 2.45. The van der Waals surface area contributed by atoms with Crippen LogP contribution in [0, 0.1) is 11.2 Å². The summed E-state index contributed by atoms with van der Waals surface area (Å²) in [5, 5.41) is 19.9. The highest BCUT2D eigenvalue weighted by molar-refractivity contribution is 5.98. The van der Waals surface area contributed by atoms with Crippen LogP contribution in [0.2, 0.25) is 0 Å². The van der Waals surface area contributed by atoms with Gasteiger partial charge in [-0.25, -0.2) is 4.39 Å². The van der Waals surface area contributed by atoms with Crippen molar-refractivity contribution in [2.45, 2.75) is 12.2 Å². The van der Waals surface area contributed by atoms with Gasteiger partial charge in [0.05, 0.1) is 6.61 Å². The predicted molar refractivity (Wildman–Crippen MR) is 108 cm³/mol. The highest BCUT2D eigenvalue weighted by Gasteiger charge is 2.26. The number of rotatable bonds is 10. The van der Waals surface area contributed by atoms with Gasteiger partial charge in [-0.3, -0.25) is 10.2 Å². The maximum Gasteiger partial charge on any atom is 0.256 e. The highest BCUT2D eigenvalue weighted by Crippen LogP contribution is 2.13. The van der Waals surface area contributed by atoms with E-state index in [4.69, 9.17) is 15.9 Å². The highest BCUT2D eigenvalue weighted by atomic mass is 19.1. The zero-order chi connectivity index (χ0) is 21.4. The van der Waals surface area contributed by atoms with Crippen LogP contribution < -0.4 is 16.0 Å². The number of anilines is 2. The number of aliphatic hydroxyl groups excluding tert-OH is 1. The predicted octanol–water partition coefficient (Wildman–Crippen LogP) is 1.13. The molecule has 9 heteroatoms. The first-order valence-corrected chi connectivity index (χ1v) is 8.79. The minimum Gasteiger partial charge on any atom is -0.384 e. The SMILES string of the molecule is CN(CCOC(C=O)C(O)C(=O)Nc1ccc(C(=N)N)cc1)c1ccc(F)cc1. The number of benzene rings is 2. The summed E-state index contributed by atoms with van der Waals surface area (Å²) in [4.78, 5) is 25.2.